The van der Waals surface area contributed by atoms with Crippen LogP contribution < -0.4 is 15.5 Å². The maximum atomic E-state index is 13.0. The van der Waals surface area contributed by atoms with Crippen LogP contribution in [0.3, 0.4) is 0 Å². The molecule has 9 heteroatoms. The van der Waals surface area contributed by atoms with E-state index in [0.717, 1.165) is 24.2 Å². The summed E-state index contributed by atoms with van der Waals surface area (Å²) < 4.78 is 5.26. The van der Waals surface area contributed by atoms with Crippen molar-refractivity contribution in [2.24, 2.45) is 0 Å². The number of rotatable bonds is 8. The van der Waals surface area contributed by atoms with E-state index >= 15 is 0 Å². The zero-order chi connectivity index (χ0) is 23.8. The molecular formula is C25H27N5O4. The van der Waals surface area contributed by atoms with Gasteiger partial charge in [-0.25, -0.2) is 9.78 Å². The number of amides is 3. The summed E-state index contributed by atoms with van der Waals surface area (Å²) in [6.45, 7) is 0.802. The highest BCUT2D eigenvalue weighted by molar-refractivity contribution is 6.02. The molecule has 1 aromatic heterocycles. The van der Waals surface area contributed by atoms with Crippen LogP contribution >= 0.6 is 0 Å². The molecule has 9 nitrogen and oxygen atoms in total. The summed E-state index contributed by atoms with van der Waals surface area (Å²) in [7, 11) is 0. The molecule has 0 aliphatic carbocycles. The van der Waals surface area contributed by atoms with Crippen molar-refractivity contribution in [2.75, 3.05) is 11.4 Å². The molecule has 3 amide bonds. The Kier molecular flexibility index (Phi) is 7.54. The molecule has 2 atom stereocenters. The standard InChI is InChI=1S/C25H27N5O4/c31-23(29-24(32)22-12-7-13-30(22)20-10-5-2-6-11-20)21(14-19-15-26-17-27-19)28-25(33)34-16-18-8-3-1-4-9-18/h1-6,8-11,15,17,21-22H,7,12-14,16H2,(H,26,27)(H,28,33)(H,29,31,32)/t21-,22-/m0/s1. The predicted octanol–water partition coefficient (Wildman–Crippen LogP) is 2.56. The van der Waals surface area contributed by atoms with Gasteiger partial charge in [-0.2, -0.15) is 0 Å². The summed E-state index contributed by atoms with van der Waals surface area (Å²) in [5.41, 5.74) is 2.40. The summed E-state index contributed by atoms with van der Waals surface area (Å²) in [6, 6.07) is 17.4. The van der Waals surface area contributed by atoms with Crippen molar-refractivity contribution in [2.45, 2.75) is 38.0 Å². The largest absolute Gasteiger partial charge is 0.445 e. The van der Waals surface area contributed by atoms with Gasteiger partial charge >= 0.3 is 6.09 Å². The summed E-state index contributed by atoms with van der Waals surface area (Å²) in [5.74, 6) is -0.989. The highest BCUT2D eigenvalue weighted by atomic mass is 16.5. The second-order valence-corrected chi connectivity index (χ2v) is 8.08. The molecule has 176 valence electrons. The zero-order valence-electron chi connectivity index (χ0n) is 18.6. The SMILES string of the molecule is O=C(N[C@@H](Cc1cnc[nH]1)C(=O)NC(=O)[C@@H]1CCCN1c1ccccc1)OCc1ccccc1. The minimum absolute atomic E-state index is 0.0676. The van der Waals surface area contributed by atoms with Crippen molar-refractivity contribution in [3.05, 3.63) is 84.4 Å². The van der Waals surface area contributed by atoms with Crippen LogP contribution in [0, 0.1) is 0 Å². The average molecular weight is 462 g/mol. The molecule has 0 unspecified atom stereocenters. The summed E-state index contributed by atoms with van der Waals surface area (Å²) in [6.07, 6.45) is 3.93. The summed E-state index contributed by atoms with van der Waals surface area (Å²) >= 11 is 0. The smallest absolute Gasteiger partial charge is 0.408 e. The van der Waals surface area contributed by atoms with E-state index < -0.39 is 24.1 Å². The Balaban J connectivity index is 1.39. The van der Waals surface area contributed by atoms with E-state index in [1.54, 1.807) is 6.20 Å². The third-order valence-electron chi connectivity index (χ3n) is 5.69. The van der Waals surface area contributed by atoms with E-state index in [2.05, 4.69) is 20.6 Å². The predicted molar refractivity (Wildman–Crippen MR) is 126 cm³/mol. The normalized spacial score (nSPS) is 16.0. The van der Waals surface area contributed by atoms with Gasteiger partial charge in [0, 0.05) is 30.5 Å². The number of imide groups is 1. The van der Waals surface area contributed by atoms with Gasteiger partial charge in [0.15, 0.2) is 0 Å². The third-order valence-corrected chi connectivity index (χ3v) is 5.69. The lowest BCUT2D eigenvalue weighted by Gasteiger charge is -2.26. The molecule has 0 spiro atoms. The van der Waals surface area contributed by atoms with E-state index in [1.165, 1.54) is 6.33 Å². The van der Waals surface area contributed by atoms with Gasteiger partial charge in [-0.05, 0) is 30.5 Å². The van der Waals surface area contributed by atoms with Crippen molar-refractivity contribution in [3.8, 4) is 0 Å². The van der Waals surface area contributed by atoms with Gasteiger partial charge in [-0.3, -0.25) is 14.9 Å². The molecule has 34 heavy (non-hydrogen) atoms. The maximum Gasteiger partial charge on any atom is 0.408 e. The number of nitrogens with zero attached hydrogens (tertiary/aromatic N) is 2. The topological polar surface area (TPSA) is 116 Å². The summed E-state index contributed by atoms with van der Waals surface area (Å²) in [4.78, 5) is 47.3. The minimum atomic E-state index is -1.01. The second-order valence-electron chi connectivity index (χ2n) is 8.08. The van der Waals surface area contributed by atoms with Crippen LogP contribution in [-0.4, -0.2) is 46.5 Å². The van der Waals surface area contributed by atoms with E-state index in [0.29, 0.717) is 12.1 Å². The Morgan fingerprint density at radius 1 is 1.09 bits per heavy atom. The lowest BCUT2D eigenvalue weighted by Crippen LogP contribution is -2.53. The van der Waals surface area contributed by atoms with Crippen molar-refractivity contribution >= 4 is 23.6 Å². The number of para-hydroxylation sites is 1. The van der Waals surface area contributed by atoms with Crippen molar-refractivity contribution in [1.29, 1.82) is 0 Å². The number of aromatic nitrogens is 2. The van der Waals surface area contributed by atoms with Crippen LogP contribution in [-0.2, 0) is 27.4 Å². The number of alkyl carbamates (subject to hydrolysis) is 1. The lowest BCUT2D eigenvalue weighted by molar-refractivity contribution is -0.132. The number of hydrogen-bond acceptors (Lipinski definition) is 6. The molecular weight excluding hydrogens is 434 g/mol. The van der Waals surface area contributed by atoms with Crippen molar-refractivity contribution in [1.82, 2.24) is 20.6 Å². The molecule has 0 bridgehead atoms. The average Bonchev–Trinajstić information content (AvgIpc) is 3.56. The molecule has 1 fully saturated rings. The number of nitrogens with one attached hydrogen (secondary N) is 3. The number of carbonyl (C=O) groups is 3. The van der Waals surface area contributed by atoms with Crippen LogP contribution in [0.1, 0.15) is 24.1 Å². The second kappa shape index (κ2) is 11.1. The van der Waals surface area contributed by atoms with Gasteiger partial charge in [0.1, 0.15) is 18.7 Å². The Morgan fingerprint density at radius 3 is 2.53 bits per heavy atom. The van der Waals surface area contributed by atoms with Crippen molar-refractivity contribution < 1.29 is 19.1 Å². The van der Waals surface area contributed by atoms with Gasteiger partial charge < -0.3 is 19.9 Å². The highest BCUT2D eigenvalue weighted by Crippen LogP contribution is 2.25. The van der Waals surface area contributed by atoms with Gasteiger partial charge in [-0.15, -0.1) is 0 Å². The fourth-order valence-electron chi connectivity index (χ4n) is 3.99. The van der Waals surface area contributed by atoms with Crippen molar-refractivity contribution in [3.63, 3.8) is 0 Å². The quantitative estimate of drug-likeness (QED) is 0.475. The molecule has 1 aliphatic rings. The van der Waals surface area contributed by atoms with Gasteiger partial charge in [0.25, 0.3) is 0 Å². The van der Waals surface area contributed by atoms with E-state index in [9.17, 15) is 14.4 Å². The maximum absolute atomic E-state index is 13.0. The van der Waals surface area contributed by atoms with Crippen LogP contribution in [0.4, 0.5) is 10.5 Å². The molecule has 3 aromatic rings. The monoisotopic (exact) mass is 461 g/mol. The van der Waals surface area contributed by atoms with Crippen LogP contribution in [0.2, 0.25) is 0 Å². The van der Waals surface area contributed by atoms with Gasteiger partial charge in [-0.1, -0.05) is 48.5 Å². The number of ether oxygens (including phenoxy) is 1. The van der Waals surface area contributed by atoms with E-state index in [1.807, 2.05) is 65.6 Å². The van der Waals surface area contributed by atoms with Crippen LogP contribution in [0.15, 0.2) is 73.2 Å². The molecule has 4 rings (SSSR count). The number of imidazole rings is 1. The first-order chi connectivity index (χ1) is 16.6. The number of hydrogen-bond donors (Lipinski definition) is 3. The molecule has 2 aromatic carbocycles. The fourth-order valence-corrected chi connectivity index (χ4v) is 3.99. The minimum Gasteiger partial charge on any atom is -0.445 e. The molecule has 0 radical (unpaired) electrons. The van der Waals surface area contributed by atoms with E-state index in [-0.39, 0.29) is 18.9 Å². The van der Waals surface area contributed by atoms with Gasteiger partial charge in [0.2, 0.25) is 11.8 Å². The Hall–Kier alpha value is -4.14. The fraction of sp³-hybridized carbons (Fsp3) is 0.280. The third kappa shape index (κ3) is 6.00. The van der Waals surface area contributed by atoms with E-state index in [4.69, 9.17) is 4.74 Å². The number of aromatic amines is 1. The molecule has 2 heterocycles. The molecule has 1 aliphatic heterocycles. The first kappa shape index (κ1) is 23.0. The number of anilines is 1. The van der Waals surface area contributed by atoms with Crippen LogP contribution in [0.25, 0.3) is 0 Å². The number of carbonyl (C=O) groups excluding carboxylic acids is 3. The first-order valence-corrected chi connectivity index (χ1v) is 11.2. The molecule has 1 saturated heterocycles. The zero-order valence-corrected chi connectivity index (χ0v) is 18.6. The lowest BCUT2D eigenvalue weighted by atomic mass is 10.1. The first-order valence-electron chi connectivity index (χ1n) is 11.2. The molecule has 0 saturated carbocycles. The Bertz CT molecular complexity index is 1090. The summed E-state index contributed by atoms with van der Waals surface area (Å²) in [5, 5.41) is 5.07. The molecule has 3 N–H and O–H groups in total. The van der Waals surface area contributed by atoms with Crippen LogP contribution in [0.5, 0.6) is 0 Å². The number of benzene rings is 2. The van der Waals surface area contributed by atoms with Gasteiger partial charge in [0.05, 0.1) is 6.33 Å². The highest BCUT2D eigenvalue weighted by Gasteiger charge is 2.33. The Morgan fingerprint density at radius 2 is 1.82 bits per heavy atom. The number of H-pyrrole nitrogens is 1. The Labute approximate surface area is 197 Å².